The van der Waals surface area contributed by atoms with Gasteiger partial charge in [-0.25, -0.2) is 0 Å². The van der Waals surface area contributed by atoms with Crippen molar-refractivity contribution in [2.45, 2.75) is 12.5 Å². The smallest absolute Gasteiger partial charge is 0.306 e. The van der Waals surface area contributed by atoms with E-state index in [1.54, 1.807) is 29.2 Å². The van der Waals surface area contributed by atoms with Crippen molar-refractivity contribution in [3.63, 3.8) is 0 Å². The summed E-state index contributed by atoms with van der Waals surface area (Å²) < 4.78 is 13.4. The lowest BCUT2D eigenvalue weighted by atomic mass is 10.2. The summed E-state index contributed by atoms with van der Waals surface area (Å²) in [7, 11) is 0. The maximum atomic E-state index is 13.4. The van der Waals surface area contributed by atoms with Gasteiger partial charge >= 0.3 is 5.69 Å². The summed E-state index contributed by atoms with van der Waals surface area (Å²) in [5.74, 6) is -1.11. The number of nitrogens with zero attached hydrogens (tertiary/aromatic N) is 3. The molecule has 1 aliphatic heterocycles. The predicted octanol–water partition coefficient (Wildman–Crippen LogP) is 2.82. The molecule has 0 unspecified atom stereocenters. The molecule has 126 valence electrons. The number of hydrogen-bond donors (Lipinski definition) is 1. The largest absolute Gasteiger partial charge is 0.373 e. The van der Waals surface area contributed by atoms with Crippen molar-refractivity contribution in [2.24, 2.45) is 0 Å². The van der Waals surface area contributed by atoms with Gasteiger partial charge in [0.15, 0.2) is 0 Å². The van der Waals surface area contributed by atoms with Gasteiger partial charge in [-0.1, -0.05) is 0 Å². The van der Waals surface area contributed by atoms with Crippen molar-refractivity contribution in [2.75, 3.05) is 16.8 Å². The van der Waals surface area contributed by atoms with Crippen molar-refractivity contribution in [3.8, 4) is 6.07 Å². The quantitative estimate of drug-likeness (QED) is 0.681. The van der Waals surface area contributed by atoms with E-state index in [0.717, 1.165) is 12.1 Å². The molecule has 1 heterocycles. The zero-order valence-electron chi connectivity index (χ0n) is 13.0. The first kappa shape index (κ1) is 16.4. The summed E-state index contributed by atoms with van der Waals surface area (Å²) in [6.45, 7) is 0.478. The zero-order chi connectivity index (χ0) is 18.0. The molecule has 3 rings (SSSR count). The number of rotatable bonds is 4. The van der Waals surface area contributed by atoms with Crippen LogP contribution >= 0.6 is 0 Å². The number of amides is 1. The zero-order valence-corrected chi connectivity index (χ0v) is 13.0. The van der Waals surface area contributed by atoms with Gasteiger partial charge in [0, 0.05) is 24.0 Å². The summed E-state index contributed by atoms with van der Waals surface area (Å²) in [6, 6.07) is 11.6. The van der Waals surface area contributed by atoms with Crippen molar-refractivity contribution in [1.29, 1.82) is 5.26 Å². The molecule has 0 radical (unpaired) electrons. The van der Waals surface area contributed by atoms with Gasteiger partial charge in [0.2, 0.25) is 11.7 Å². The first-order valence-electron chi connectivity index (χ1n) is 7.51. The Hall–Kier alpha value is -3.47. The fraction of sp³-hybridized carbons (Fsp3) is 0.176. The number of halogens is 1. The number of nitro benzene ring substituents is 1. The molecule has 0 saturated carbocycles. The van der Waals surface area contributed by atoms with E-state index in [2.05, 4.69) is 5.32 Å². The van der Waals surface area contributed by atoms with Crippen molar-refractivity contribution >= 4 is 23.0 Å². The van der Waals surface area contributed by atoms with Crippen molar-refractivity contribution in [1.82, 2.24) is 0 Å². The Balaban J connectivity index is 1.75. The van der Waals surface area contributed by atoms with E-state index in [0.29, 0.717) is 29.9 Å². The lowest BCUT2D eigenvalue weighted by molar-refractivity contribution is -0.387. The van der Waals surface area contributed by atoms with Gasteiger partial charge in [0.05, 0.1) is 16.6 Å². The molecular formula is C17H13FN4O3. The average molecular weight is 340 g/mol. The minimum Gasteiger partial charge on any atom is -0.373 e. The first-order chi connectivity index (χ1) is 12.0. The number of hydrogen-bond acceptors (Lipinski definition) is 5. The number of nitro groups is 1. The molecule has 1 N–H and O–H groups in total. The molecule has 1 aliphatic rings. The normalized spacial score (nSPS) is 16.6. The molecule has 2 aromatic carbocycles. The Morgan fingerprint density at radius 2 is 2.00 bits per heavy atom. The van der Waals surface area contributed by atoms with Gasteiger partial charge in [-0.3, -0.25) is 14.9 Å². The highest BCUT2D eigenvalue weighted by Crippen LogP contribution is 2.26. The van der Waals surface area contributed by atoms with Crippen LogP contribution in [0.25, 0.3) is 0 Å². The second-order valence-corrected chi connectivity index (χ2v) is 5.56. The van der Waals surface area contributed by atoms with Crippen LogP contribution in [0.4, 0.5) is 21.5 Å². The molecule has 0 aliphatic carbocycles. The van der Waals surface area contributed by atoms with Crippen LogP contribution in [0.15, 0.2) is 42.5 Å². The van der Waals surface area contributed by atoms with Gasteiger partial charge in [-0.05, 0) is 42.8 Å². The number of carbonyl (C=O) groups is 1. The van der Waals surface area contributed by atoms with Crippen LogP contribution in [-0.4, -0.2) is 23.4 Å². The Morgan fingerprint density at radius 3 is 2.64 bits per heavy atom. The van der Waals surface area contributed by atoms with Crippen LogP contribution in [-0.2, 0) is 4.79 Å². The monoisotopic (exact) mass is 340 g/mol. The molecule has 8 heteroatoms. The highest BCUT2D eigenvalue weighted by molar-refractivity contribution is 6.01. The van der Waals surface area contributed by atoms with Crippen LogP contribution in [0.1, 0.15) is 12.0 Å². The molecule has 2 aromatic rings. The van der Waals surface area contributed by atoms with Crippen LogP contribution in [0, 0.1) is 27.3 Å². The van der Waals surface area contributed by atoms with E-state index < -0.39 is 22.5 Å². The molecule has 1 amide bonds. The summed E-state index contributed by atoms with van der Waals surface area (Å²) in [5.41, 5.74) is 0.856. The van der Waals surface area contributed by atoms with Gasteiger partial charge in [-0.15, -0.1) is 0 Å². The van der Waals surface area contributed by atoms with Gasteiger partial charge < -0.3 is 10.2 Å². The third-order valence-corrected chi connectivity index (χ3v) is 4.00. The molecule has 25 heavy (non-hydrogen) atoms. The molecule has 0 bridgehead atoms. The van der Waals surface area contributed by atoms with Gasteiger partial charge in [-0.2, -0.15) is 9.65 Å². The van der Waals surface area contributed by atoms with E-state index in [1.165, 1.54) is 6.07 Å². The lowest BCUT2D eigenvalue weighted by Crippen LogP contribution is -2.33. The number of benzene rings is 2. The molecule has 7 nitrogen and oxygen atoms in total. The van der Waals surface area contributed by atoms with Crippen LogP contribution in [0.2, 0.25) is 0 Å². The topological polar surface area (TPSA) is 99.3 Å². The molecule has 0 aromatic heterocycles. The molecule has 1 saturated heterocycles. The Labute approximate surface area is 142 Å². The highest BCUT2D eigenvalue weighted by atomic mass is 19.1. The fourth-order valence-corrected chi connectivity index (χ4v) is 2.73. The van der Waals surface area contributed by atoms with E-state index >= 15 is 0 Å². The Kier molecular flexibility index (Phi) is 4.31. The molecular weight excluding hydrogens is 327 g/mol. The Bertz CT molecular complexity index is 876. The van der Waals surface area contributed by atoms with E-state index in [-0.39, 0.29) is 5.91 Å². The van der Waals surface area contributed by atoms with Crippen LogP contribution in [0.5, 0.6) is 0 Å². The second kappa shape index (κ2) is 6.57. The van der Waals surface area contributed by atoms with Crippen LogP contribution < -0.4 is 10.2 Å². The summed E-state index contributed by atoms with van der Waals surface area (Å²) in [5, 5.41) is 22.5. The average Bonchev–Trinajstić information content (AvgIpc) is 2.97. The minimum absolute atomic E-state index is 0.184. The number of carbonyl (C=O) groups excluding carboxylic acids is 1. The number of anilines is 2. The first-order valence-corrected chi connectivity index (χ1v) is 7.51. The van der Waals surface area contributed by atoms with E-state index in [4.69, 9.17) is 5.26 Å². The summed E-state index contributed by atoms with van der Waals surface area (Å²) >= 11 is 0. The molecule has 1 atom stereocenters. The summed E-state index contributed by atoms with van der Waals surface area (Å²) in [6.07, 6.45) is 0.504. The van der Waals surface area contributed by atoms with Gasteiger partial charge in [0.1, 0.15) is 6.04 Å². The maximum Gasteiger partial charge on any atom is 0.306 e. The standard InChI is InChI=1S/C17H13FN4O3/c18-14-6-3-12(9-16(14)22(24)25)20-15-7-8-21(17(15)23)13-4-1-11(10-19)2-5-13/h1-6,9,15,20H,7-8H2/t15-/m0/s1. The number of nitriles is 1. The van der Waals surface area contributed by atoms with Crippen molar-refractivity contribution < 1.29 is 14.1 Å². The second-order valence-electron chi connectivity index (χ2n) is 5.56. The predicted molar refractivity (Wildman–Crippen MR) is 88.6 cm³/mol. The lowest BCUT2D eigenvalue weighted by Gasteiger charge is -2.17. The van der Waals surface area contributed by atoms with E-state index in [9.17, 15) is 19.3 Å². The van der Waals surface area contributed by atoms with E-state index in [1.807, 2.05) is 6.07 Å². The third kappa shape index (κ3) is 3.26. The fourth-order valence-electron chi connectivity index (χ4n) is 2.73. The SMILES string of the molecule is N#Cc1ccc(N2CC[C@H](Nc3ccc(F)c([N+](=O)[O-])c3)C2=O)cc1. The van der Waals surface area contributed by atoms with Gasteiger partial charge in [0.25, 0.3) is 0 Å². The Morgan fingerprint density at radius 1 is 1.28 bits per heavy atom. The van der Waals surface area contributed by atoms with Crippen LogP contribution in [0.3, 0.4) is 0 Å². The summed E-state index contributed by atoms with van der Waals surface area (Å²) in [4.78, 5) is 24.1. The molecule has 1 fully saturated rings. The number of nitrogens with one attached hydrogen (secondary N) is 1. The van der Waals surface area contributed by atoms with Crippen molar-refractivity contribution in [3.05, 3.63) is 64.0 Å². The maximum absolute atomic E-state index is 13.4. The molecule has 0 spiro atoms. The third-order valence-electron chi connectivity index (χ3n) is 4.00. The minimum atomic E-state index is -0.924. The highest BCUT2D eigenvalue weighted by Gasteiger charge is 2.32.